The number of aromatic nitrogens is 4. The Hall–Kier alpha value is -1.75. The van der Waals surface area contributed by atoms with E-state index in [9.17, 15) is 0 Å². The molecule has 2 atom stereocenters. The standard InChI is InChI=1S/C17H25N5/c1-12(16-19-20-21-22(16)4)18-15-11-17(2,3)10-9-13-7-5-6-8-14(13)15/h5-8,12,15,18H,9-11H2,1-4H3. The van der Waals surface area contributed by atoms with Crippen LogP contribution in [0.3, 0.4) is 0 Å². The van der Waals surface area contributed by atoms with Gasteiger partial charge in [-0.2, -0.15) is 0 Å². The minimum atomic E-state index is 0.118. The smallest absolute Gasteiger partial charge is 0.167 e. The normalized spacial score (nSPS) is 21.9. The molecule has 1 aliphatic rings. The summed E-state index contributed by atoms with van der Waals surface area (Å²) in [6.07, 6.45) is 3.50. The van der Waals surface area contributed by atoms with E-state index in [0.717, 1.165) is 18.7 Å². The van der Waals surface area contributed by atoms with Gasteiger partial charge in [0, 0.05) is 13.1 Å². The van der Waals surface area contributed by atoms with Crippen LogP contribution in [0.2, 0.25) is 0 Å². The summed E-state index contributed by atoms with van der Waals surface area (Å²) in [7, 11) is 1.89. The minimum absolute atomic E-state index is 0.118. The van der Waals surface area contributed by atoms with Crippen molar-refractivity contribution in [1.82, 2.24) is 25.5 Å². The van der Waals surface area contributed by atoms with E-state index in [1.165, 1.54) is 17.5 Å². The van der Waals surface area contributed by atoms with Gasteiger partial charge < -0.3 is 5.32 Å². The van der Waals surface area contributed by atoms with Gasteiger partial charge in [0.2, 0.25) is 0 Å². The number of aryl methyl sites for hydroxylation is 2. The van der Waals surface area contributed by atoms with E-state index in [2.05, 4.69) is 65.9 Å². The van der Waals surface area contributed by atoms with Gasteiger partial charge in [-0.15, -0.1) is 5.10 Å². The zero-order valence-corrected chi connectivity index (χ0v) is 13.9. The van der Waals surface area contributed by atoms with Crippen molar-refractivity contribution in [2.75, 3.05) is 0 Å². The molecule has 3 rings (SSSR count). The third kappa shape index (κ3) is 3.04. The summed E-state index contributed by atoms with van der Waals surface area (Å²) < 4.78 is 1.74. The van der Waals surface area contributed by atoms with Crippen LogP contribution in [-0.4, -0.2) is 20.2 Å². The highest BCUT2D eigenvalue weighted by Gasteiger charge is 2.30. The fourth-order valence-electron chi connectivity index (χ4n) is 3.47. The molecule has 5 nitrogen and oxygen atoms in total. The topological polar surface area (TPSA) is 55.6 Å². The Bertz CT molecular complexity index is 646. The molecule has 1 aromatic heterocycles. The monoisotopic (exact) mass is 299 g/mol. The Morgan fingerprint density at radius 1 is 1.32 bits per heavy atom. The molecule has 0 saturated carbocycles. The molecule has 22 heavy (non-hydrogen) atoms. The van der Waals surface area contributed by atoms with Crippen LogP contribution in [-0.2, 0) is 13.5 Å². The Morgan fingerprint density at radius 2 is 2.09 bits per heavy atom. The number of fused-ring (bicyclic) bond motifs is 1. The SMILES string of the molecule is CC(NC1CC(C)(C)CCc2ccccc21)c1nnnn1C. The van der Waals surface area contributed by atoms with Crippen molar-refractivity contribution in [2.24, 2.45) is 12.5 Å². The molecule has 1 aromatic carbocycles. The van der Waals surface area contributed by atoms with Crippen LogP contribution in [0.1, 0.15) is 62.6 Å². The van der Waals surface area contributed by atoms with Crippen molar-refractivity contribution in [3.63, 3.8) is 0 Å². The lowest BCUT2D eigenvalue weighted by atomic mass is 9.83. The van der Waals surface area contributed by atoms with Gasteiger partial charge in [0.05, 0.1) is 6.04 Å². The third-order valence-electron chi connectivity index (χ3n) is 4.75. The van der Waals surface area contributed by atoms with Gasteiger partial charge in [-0.05, 0) is 53.2 Å². The van der Waals surface area contributed by atoms with E-state index >= 15 is 0 Å². The third-order valence-corrected chi connectivity index (χ3v) is 4.75. The molecule has 1 aliphatic carbocycles. The maximum Gasteiger partial charge on any atom is 0.167 e. The molecule has 0 aliphatic heterocycles. The van der Waals surface area contributed by atoms with Crippen LogP contribution in [0.25, 0.3) is 0 Å². The highest BCUT2D eigenvalue weighted by Crippen LogP contribution is 2.40. The largest absolute Gasteiger partial charge is 0.301 e. The Labute approximate surface area is 132 Å². The number of tetrazole rings is 1. The van der Waals surface area contributed by atoms with Crippen molar-refractivity contribution >= 4 is 0 Å². The Morgan fingerprint density at radius 3 is 2.82 bits per heavy atom. The highest BCUT2D eigenvalue weighted by molar-refractivity contribution is 5.32. The van der Waals surface area contributed by atoms with Crippen LogP contribution < -0.4 is 5.32 Å². The predicted octanol–water partition coefficient (Wildman–Crippen LogP) is 2.96. The lowest BCUT2D eigenvalue weighted by Gasteiger charge is -2.29. The van der Waals surface area contributed by atoms with Gasteiger partial charge in [0.15, 0.2) is 5.82 Å². The van der Waals surface area contributed by atoms with Crippen molar-refractivity contribution in [2.45, 2.75) is 52.1 Å². The highest BCUT2D eigenvalue weighted by atomic mass is 15.5. The van der Waals surface area contributed by atoms with Crippen LogP contribution in [0.5, 0.6) is 0 Å². The molecule has 0 amide bonds. The van der Waals surface area contributed by atoms with Gasteiger partial charge >= 0.3 is 0 Å². The second kappa shape index (κ2) is 5.80. The summed E-state index contributed by atoms with van der Waals surface area (Å²) >= 11 is 0. The predicted molar refractivity (Wildman–Crippen MR) is 86.3 cm³/mol. The van der Waals surface area contributed by atoms with Crippen molar-refractivity contribution in [1.29, 1.82) is 0 Å². The fourth-order valence-corrected chi connectivity index (χ4v) is 3.47. The van der Waals surface area contributed by atoms with Crippen LogP contribution in [0, 0.1) is 5.41 Å². The van der Waals surface area contributed by atoms with E-state index in [1.54, 1.807) is 4.68 Å². The molecule has 1 heterocycles. The molecule has 0 saturated heterocycles. The summed E-state index contributed by atoms with van der Waals surface area (Å²) in [4.78, 5) is 0. The number of rotatable bonds is 3. The second-order valence-electron chi connectivity index (χ2n) is 7.17. The Kier molecular flexibility index (Phi) is 4.00. The van der Waals surface area contributed by atoms with Gasteiger partial charge in [-0.25, -0.2) is 4.68 Å². The quantitative estimate of drug-likeness (QED) is 0.885. The van der Waals surface area contributed by atoms with Crippen LogP contribution >= 0.6 is 0 Å². The Balaban J connectivity index is 1.88. The lowest BCUT2D eigenvalue weighted by Crippen LogP contribution is -2.29. The average Bonchev–Trinajstić information content (AvgIpc) is 2.85. The molecule has 2 aromatic rings. The molecular weight excluding hydrogens is 274 g/mol. The maximum atomic E-state index is 4.14. The minimum Gasteiger partial charge on any atom is -0.301 e. The number of hydrogen-bond acceptors (Lipinski definition) is 4. The summed E-state index contributed by atoms with van der Waals surface area (Å²) in [5, 5.41) is 15.6. The molecule has 0 spiro atoms. The van der Waals surface area contributed by atoms with E-state index in [0.29, 0.717) is 11.5 Å². The van der Waals surface area contributed by atoms with Gasteiger partial charge in [-0.3, -0.25) is 0 Å². The second-order valence-corrected chi connectivity index (χ2v) is 7.17. The first-order valence-electron chi connectivity index (χ1n) is 8.02. The van der Waals surface area contributed by atoms with Crippen molar-refractivity contribution < 1.29 is 0 Å². The molecule has 0 bridgehead atoms. The molecule has 2 unspecified atom stereocenters. The number of benzene rings is 1. The van der Waals surface area contributed by atoms with Gasteiger partial charge in [-0.1, -0.05) is 38.1 Å². The number of nitrogens with one attached hydrogen (secondary N) is 1. The van der Waals surface area contributed by atoms with E-state index in [-0.39, 0.29) is 6.04 Å². The molecular formula is C17H25N5. The molecule has 118 valence electrons. The number of hydrogen-bond donors (Lipinski definition) is 1. The summed E-state index contributed by atoms with van der Waals surface area (Å²) in [6, 6.07) is 9.26. The van der Waals surface area contributed by atoms with E-state index in [4.69, 9.17) is 0 Å². The fraction of sp³-hybridized carbons (Fsp3) is 0.588. The summed E-state index contributed by atoms with van der Waals surface area (Å²) in [5.74, 6) is 0.875. The first kappa shape index (κ1) is 15.2. The van der Waals surface area contributed by atoms with Crippen molar-refractivity contribution in [3.8, 4) is 0 Å². The van der Waals surface area contributed by atoms with Crippen LogP contribution in [0.15, 0.2) is 24.3 Å². The van der Waals surface area contributed by atoms with E-state index < -0.39 is 0 Å². The van der Waals surface area contributed by atoms with Crippen LogP contribution in [0.4, 0.5) is 0 Å². The molecule has 0 radical (unpaired) electrons. The maximum absolute atomic E-state index is 4.14. The average molecular weight is 299 g/mol. The van der Waals surface area contributed by atoms with Crippen molar-refractivity contribution in [3.05, 3.63) is 41.2 Å². The summed E-state index contributed by atoms with van der Waals surface area (Å²) in [6.45, 7) is 6.86. The zero-order chi connectivity index (χ0) is 15.7. The van der Waals surface area contributed by atoms with Gasteiger partial charge in [0.1, 0.15) is 0 Å². The zero-order valence-electron chi connectivity index (χ0n) is 13.9. The first-order chi connectivity index (χ1) is 10.5. The first-order valence-corrected chi connectivity index (χ1v) is 8.02. The molecule has 1 N–H and O–H groups in total. The van der Waals surface area contributed by atoms with E-state index in [1.807, 2.05) is 7.05 Å². The number of nitrogens with zero attached hydrogens (tertiary/aromatic N) is 4. The molecule has 5 heteroatoms. The lowest BCUT2D eigenvalue weighted by molar-refractivity contribution is 0.262. The summed E-state index contributed by atoms with van der Waals surface area (Å²) in [5.41, 5.74) is 3.22. The molecule has 0 fully saturated rings. The van der Waals surface area contributed by atoms with Gasteiger partial charge in [0.25, 0.3) is 0 Å².